The van der Waals surface area contributed by atoms with Crippen LogP contribution in [0.15, 0.2) is 0 Å². The molecule has 0 spiro atoms. The van der Waals surface area contributed by atoms with E-state index in [-0.39, 0.29) is 18.0 Å². The summed E-state index contributed by atoms with van der Waals surface area (Å²) in [6.07, 6.45) is 0.768. The van der Waals surface area contributed by atoms with Crippen molar-refractivity contribution in [2.45, 2.75) is 45.3 Å². The Morgan fingerprint density at radius 2 is 2.11 bits per heavy atom. The molecule has 19 heavy (non-hydrogen) atoms. The van der Waals surface area contributed by atoms with Crippen molar-refractivity contribution >= 4 is 12.0 Å². The summed E-state index contributed by atoms with van der Waals surface area (Å²) in [5.41, 5.74) is -0.493. The van der Waals surface area contributed by atoms with Gasteiger partial charge in [0, 0.05) is 39.1 Å². The zero-order valence-electron chi connectivity index (χ0n) is 12.3. The lowest BCUT2D eigenvalue weighted by atomic mass is 10.1. The Hall–Kier alpha value is -1.30. The molecule has 1 atom stereocenters. The van der Waals surface area contributed by atoms with E-state index in [0.29, 0.717) is 25.9 Å². The maximum absolute atomic E-state index is 12.1. The molecule has 0 radical (unpaired) electrons. The molecule has 0 aliphatic carbocycles. The van der Waals surface area contributed by atoms with Crippen LogP contribution in [0.5, 0.6) is 0 Å². The predicted octanol–water partition coefficient (Wildman–Crippen LogP) is 0.721. The standard InChI is InChI=1S/C13H25N3O3/c1-13(2,3)19-12(18)16-8-7-15-9-10(16)5-6-11(17)14-4/h10,15H,5-9H2,1-4H3,(H,14,17). The fourth-order valence-electron chi connectivity index (χ4n) is 2.00. The van der Waals surface area contributed by atoms with Crippen LogP contribution in [-0.2, 0) is 9.53 Å². The summed E-state index contributed by atoms with van der Waals surface area (Å²) in [5, 5.41) is 5.84. The number of carbonyl (C=O) groups is 2. The van der Waals surface area contributed by atoms with Gasteiger partial charge in [0.05, 0.1) is 0 Å². The van der Waals surface area contributed by atoms with E-state index >= 15 is 0 Å². The summed E-state index contributed by atoms with van der Waals surface area (Å²) in [6, 6.07) is 0.0147. The van der Waals surface area contributed by atoms with Crippen molar-refractivity contribution in [3.63, 3.8) is 0 Å². The van der Waals surface area contributed by atoms with E-state index in [4.69, 9.17) is 4.74 Å². The monoisotopic (exact) mass is 271 g/mol. The summed E-state index contributed by atoms with van der Waals surface area (Å²) in [7, 11) is 1.62. The van der Waals surface area contributed by atoms with Crippen molar-refractivity contribution in [3.05, 3.63) is 0 Å². The fourth-order valence-corrected chi connectivity index (χ4v) is 2.00. The summed E-state index contributed by atoms with van der Waals surface area (Å²) >= 11 is 0. The third-order valence-corrected chi connectivity index (χ3v) is 2.96. The summed E-state index contributed by atoms with van der Waals surface area (Å²) in [6.45, 7) is 7.64. The van der Waals surface area contributed by atoms with Gasteiger partial charge in [-0.25, -0.2) is 4.79 Å². The maximum atomic E-state index is 12.1. The van der Waals surface area contributed by atoms with E-state index in [1.54, 1.807) is 11.9 Å². The molecule has 1 aliphatic rings. The minimum absolute atomic E-state index is 0.00490. The van der Waals surface area contributed by atoms with Crippen LogP contribution in [-0.4, -0.2) is 55.2 Å². The molecule has 1 unspecified atom stereocenters. The molecular formula is C13H25N3O3. The molecule has 1 fully saturated rings. The van der Waals surface area contributed by atoms with Crippen LogP contribution in [0.3, 0.4) is 0 Å². The van der Waals surface area contributed by atoms with Gasteiger partial charge in [-0.3, -0.25) is 4.79 Å². The topological polar surface area (TPSA) is 70.7 Å². The largest absolute Gasteiger partial charge is 0.444 e. The molecule has 2 amide bonds. The van der Waals surface area contributed by atoms with Gasteiger partial charge in [0.15, 0.2) is 0 Å². The number of amides is 2. The van der Waals surface area contributed by atoms with E-state index in [1.807, 2.05) is 20.8 Å². The summed E-state index contributed by atoms with van der Waals surface area (Å²) < 4.78 is 5.40. The molecule has 0 aromatic carbocycles. The van der Waals surface area contributed by atoms with Gasteiger partial charge in [-0.2, -0.15) is 0 Å². The van der Waals surface area contributed by atoms with Crippen molar-refractivity contribution in [2.24, 2.45) is 0 Å². The normalized spacial score (nSPS) is 20.0. The molecule has 0 aromatic heterocycles. The van der Waals surface area contributed by atoms with E-state index in [0.717, 1.165) is 6.54 Å². The Kier molecular flexibility index (Phi) is 5.60. The van der Waals surface area contributed by atoms with Gasteiger partial charge in [-0.15, -0.1) is 0 Å². The number of hydrogen-bond donors (Lipinski definition) is 2. The minimum Gasteiger partial charge on any atom is -0.444 e. The molecule has 0 aromatic rings. The van der Waals surface area contributed by atoms with Crippen molar-refractivity contribution in [3.8, 4) is 0 Å². The van der Waals surface area contributed by atoms with Crippen LogP contribution in [0.2, 0.25) is 0 Å². The van der Waals surface area contributed by atoms with Crippen LogP contribution in [0.1, 0.15) is 33.6 Å². The molecule has 2 N–H and O–H groups in total. The predicted molar refractivity (Wildman–Crippen MR) is 72.9 cm³/mol. The molecule has 6 nitrogen and oxygen atoms in total. The van der Waals surface area contributed by atoms with Crippen molar-refractivity contribution in [1.82, 2.24) is 15.5 Å². The maximum Gasteiger partial charge on any atom is 0.410 e. The first-order valence-corrected chi connectivity index (χ1v) is 6.74. The third kappa shape index (κ3) is 5.46. The zero-order valence-corrected chi connectivity index (χ0v) is 12.3. The average molecular weight is 271 g/mol. The second-order valence-electron chi connectivity index (χ2n) is 5.74. The van der Waals surface area contributed by atoms with Gasteiger partial charge in [-0.1, -0.05) is 0 Å². The minimum atomic E-state index is -0.493. The molecule has 1 aliphatic heterocycles. The molecule has 1 heterocycles. The lowest BCUT2D eigenvalue weighted by Gasteiger charge is -2.37. The highest BCUT2D eigenvalue weighted by Gasteiger charge is 2.30. The van der Waals surface area contributed by atoms with Crippen LogP contribution in [0.4, 0.5) is 4.79 Å². The second kappa shape index (κ2) is 6.75. The second-order valence-corrected chi connectivity index (χ2v) is 5.74. The molecule has 6 heteroatoms. The number of rotatable bonds is 3. The SMILES string of the molecule is CNC(=O)CCC1CNCCN1C(=O)OC(C)(C)C. The van der Waals surface area contributed by atoms with Crippen molar-refractivity contribution in [1.29, 1.82) is 0 Å². The lowest BCUT2D eigenvalue weighted by Crippen LogP contribution is -2.54. The van der Waals surface area contributed by atoms with Crippen molar-refractivity contribution < 1.29 is 14.3 Å². The zero-order chi connectivity index (χ0) is 14.5. The molecule has 0 bridgehead atoms. The van der Waals surface area contributed by atoms with Gasteiger partial charge in [0.25, 0.3) is 0 Å². The summed E-state index contributed by atoms with van der Waals surface area (Å²) in [5.74, 6) is -0.00490. The van der Waals surface area contributed by atoms with E-state index in [9.17, 15) is 9.59 Å². The van der Waals surface area contributed by atoms with Crippen LogP contribution < -0.4 is 10.6 Å². The van der Waals surface area contributed by atoms with Crippen LogP contribution in [0, 0.1) is 0 Å². The highest BCUT2D eigenvalue weighted by Crippen LogP contribution is 2.15. The van der Waals surface area contributed by atoms with Crippen LogP contribution >= 0.6 is 0 Å². The number of nitrogens with zero attached hydrogens (tertiary/aromatic N) is 1. The summed E-state index contributed by atoms with van der Waals surface area (Å²) in [4.78, 5) is 25.1. The van der Waals surface area contributed by atoms with Crippen LogP contribution in [0.25, 0.3) is 0 Å². The number of nitrogens with one attached hydrogen (secondary N) is 2. The molecule has 1 saturated heterocycles. The molecular weight excluding hydrogens is 246 g/mol. The van der Waals surface area contributed by atoms with Gasteiger partial charge in [0.1, 0.15) is 5.60 Å². The first-order chi connectivity index (χ1) is 8.83. The number of hydrogen-bond acceptors (Lipinski definition) is 4. The lowest BCUT2D eigenvalue weighted by molar-refractivity contribution is -0.121. The quantitative estimate of drug-likeness (QED) is 0.793. The van der Waals surface area contributed by atoms with Crippen molar-refractivity contribution in [2.75, 3.05) is 26.7 Å². The van der Waals surface area contributed by atoms with Gasteiger partial charge in [-0.05, 0) is 27.2 Å². The Balaban J connectivity index is 2.56. The number of ether oxygens (including phenoxy) is 1. The van der Waals surface area contributed by atoms with E-state index in [1.165, 1.54) is 0 Å². The fraction of sp³-hybridized carbons (Fsp3) is 0.846. The first kappa shape index (κ1) is 15.8. The van der Waals surface area contributed by atoms with E-state index < -0.39 is 5.60 Å². The average Bonchev–Trinajstić information content (AvgIpc) is 2.34. The smallest absolute Gasteiger partial charge is 0.410 e. The number of piperazine rings is 1. The Bertz CT molecular complexity index is 326. The Labute approximate surface area is 114 Å². The Morgan fingerprint density at radius 1 is 1.42 bits per heavy atom. The molecule has 0 saturated carbocycles. The first-order valence-electron chi connectivity index (χ1n) is 6.74. The molecule has 1 rings (SSSR count). The highest BCUT2D eigenvalue weighted by molar-refractivity contribution is 5.75. The number of carbonyl (C=O) groups excluding carboxylic acids is 2. The highest BCUT2D eigenvalue weighted by atomic mass is 16.6. The third-order valence-electron chi connectivity index (χ3n) is 2.96. The van der Waals surface area contributed by atoms with Gasteiger partial charge in [0.2, 0.25) is 5.91 Å². The van der Waals surface area contributed by atoms with Gasteiger partial charge < -0.3 is 20.3 Å². The Morgan fingerprint density at radius 3 is 2.68 bits per heavy atom. The van der Waals surface area contributed by atoms with Gasteiger partial charge >= 0.3 is 6.09 Å². The molecule has 110 valence electrons. The van der Waals surface area contributed by atoms with E-state index in [2.05, 4.69) is 10.6 Å².